The molecule has 82 valence electrons. The predicted octanol–water partition coefficient (Wildman–Crippen LogP) is 3.09. The second-order valence-corrected chi connectivity index (χ2v) is 4.16. The zero-order chi connectivity index (χ0) is 11.1. The van der Waals surface area contributed by atoms with Crippen molar-refractivity contribution in [2.45, 2.75) is 19.3 Å². The van der Waals surface area contributed by atoms with Gasteiger partial charge < -0.3 is 0 Å². The zero-order valence-corrected chi connectivity index (χ0v) is 9.21. The summed E-state index contributed by atoms with van der Waals surface area (Å²) in [6.07, 6.45) is 6.65. The van der Waals surface area contributed by atoms with Crippen LogP contribution in [0.15, 0.2) is 18.3 Å². The van der Waals surface area contributed by atoms with Crippen LogP contribution < -0.4 is 0 Å². The number of halogens is 2. The first-order valence-electron chi connectivity index (χ1n) is 5.15. The van der Waals surface area contributed by atoms with E-state index in [9.17, 15) is 4.39 Å². The van der Waals surface area contributed by atoms with Crippen molar-refractivity contribution in [2.75, 3.05) is 0 Å². The summed E-state index contributed by atoms with van der Waals surface area (Å²) in [4.78, 5) is 3.78. The van der Waals surface area contributed by atoms with Gasteiger partial charge in [0.05, 0.1) is 11.9 Å². The molecular weight excluding hydrogens is 229 g/mol. The molecule has 0 aliphatic heterocycles. The van der Waals surface area contributed by atoms with Gasteiger partial charge in [0.1, 0.15) is 5.52 Å². The Bertz CT molecular complexity index is 588. The molecule has 2 heterocycles. The van der Waals surface area contributed by atoms with Crippen LogP contribution in [-0.2, 0) is 0 Å². The lowest BCUT2D eigenvalue weighted by Gasteiger charge is -2.01. The molecule has 0 aromatic carbocycles. The number of fused-ring (bicyclic) bond motifs is 1. The quantitative estimate of drug-likeness (QED) is 0.763. The molecule has 0 saturated carbocycles. The van der Waals surface area contributed by atoms with E-state index in [1.54, 1.807) is 0 Å². The minimum absolute atomic E-state index is 0.128. The molecule has 1 aliphatic rings. The molecule has 3 rings (SSSR count). The molecule has 0 unspecified atom stereocenters. The molecule has 3 nitrogen and oxygen atoms in total. The fourth-order valence-corrected chi connectivity index (χ4v) is 2.19. The van der Waals surface area contributed by atoms with Crippen molar-refractivity contribution in [3.8, 4) is 0 Å². The molecule has 2 aromatic heterocycles. The Labute approximate surface area is 96.6 Å². The molecule has 0 N–H and O–H groups in total. The van der Waals surface area contributed by atoms with Crippen LogP contribution in [0.4, 0.5) is 4.39 Å². The number of hydrogen-bond acceptors (Lipinski definition) is 2. The number of rotatable bonds is 1. The first-order chi connectivity index (χ1) is 7.75. The maximum absolute atomic E-state index is 13.6. The Hall–Kier alpha value is -1.42. The average molecular weight is 238 g/mol. The van der Waals surface area contributed by atoms with E-state index in [0.717, 1.165) is 30.5 Å². The highest BCUT2D eigenvalue weighted by Gasteiger charge is 2.16. The monoisotopic (exact) mass is 237 g/mol. The van der Waals surface area contributed by atoms with E-state index in [0.29, 0.717) is 5.52 Å². The van der Waals surface area contributed by atoms with Gasteiger partial charge in [-0.1, -0.05) is 6.08 Å². The van der Waals surface area contributed by atoms with E-state index in [-0.39, 0.29) is 11.1 Å². The molecule has 0 atom stereocenters. The molecule has 0 bridgehead atoms. The van der Waals surface area contributed by atoms with Crippen LogP contribution in [-0.4, -0.2) is 14.6 Å². The van der Waals surface area contributed by atoms with Gasteiger partial charge >= 0.3 is 0 Å². The van der Waals surface area contributed by atoms with Gasteiger partial charge in [-0.2, -0.15) is 0 Å². The Balaban J connectivity index is 2.28. The lowest BCUT2D eigenvalue weighted by atomic mass is 10.2. The summed E-state index contributed by atoms with van der Waals surface area (Å²) in [6.45, 7) is 0. The van der Waals surface area contributed by atoms with Crippen molar-refractivity contribution in [3.63, 3.8) is 0 Å². The first-order valence-corrected chi connectivity index (χ1v) is 5.53. The van der Waals surface area contributed by atoms with Gasteiger partial charge in [-0.3, -0.25) is 0 Å². The molecule has 0 amide bonds. The van der Waals surface area contributed by atoms with Crippen LogP contribution in [0.25, 0.3) is 11.1 Å². The summed E-state index contributed by atoms with van der Waals surface area (Å²) in [6, 6.07) is 1.50. The SMILES string of the molecule is Fc1cc(C2=CCCC2)n2nc(Cl)ncc12. The third kappa shape index (κ3) is 1.41. The van der Waals surface area contributed by atoms with Crippen LogP contribution >= 0.6 is 11.6 Å². The highest BCUT2D eigenvalue weighted by Crippen LogP contribution is 2.29. The second kappa shape index (κ2) is 3.56. The Morgan fingerprint density at radius 1 is 1.44 bits per heavy atom. The normalized spacial score (nSPS) is 15.8. The van der Waals surface area contributed by atoms with Gasteiger partial charge in [0.2, 0.25) is 5.28 Å². The highest BCUT2D eigenvalue weighted by molar-refractivity contribution is 6.28. The van der Waals surface area contributed by atoms with Crippen LogP contribution in [0.3, 0.4) is 0 Å². The molecule has 0 spiro atoms. The van der Waals surface area contributed by atoms with Gasteiger partial charge in [0, 0.05) is 6.07 Å². The van der Waals surface area contributed by atoms with E-state index < -0.39 is 0 Å². The molecule has 1 aliphatic carbocycles. The van der Waals surface area contributed by atoms with Crippen LogP contribution in [0.5, 0.6) is 0 Å². The Morgan fingerprint density at radius 2 is 2.31 bits per heavy atom. The molecule has 0 fully saturated rings. The molecular formula is C11H9ClFN3. The third-order valence-corrected chi connectivity index (χ3v) is 2.98. The van der Waals surface area contributed by atoms with Gasteiger partial charge in [-0.15, -0.1) is 5.10 Å². The molecule has 16 heavy (non-hydrogen) atoms. The summed E-state index contributed by atoms with van der Waals surface area (Å²) < 4.78 is 15.2. The lowest BCUT2D eigenvalue weighted by molar-refractivity contribution is 0.638. The van der Waals surface area contributed by atoms with Crippen LogP contribution in [0, 0.1) is 5.82 Å². The minimum Gasteiger partial charge on any atom is -0.226 e. The molecule has 0 saturated heterocycles. The highest BCUT2D eigenvalue weighted by atomic mass is 35.5. The average Bonchev–Trinajstić information content (AvgIpc) is 2.86. The molecule has 5 heteroatoms. The third-order valence-electron chi connectivity index (χ3n) is 2.81. The fraction of sp³-hybridized carbons (Fsp3) is 0.273. The van der Waals surface area contributed by atoms with Gasteiger partial charge in [0.15, 0.2) is 5.82 Å². The fourth-order valence-electron chi connectivity index (χ4n) is 2.07. The molecule has 0 radical (unpaired) electrons. The van der Waals surface area contributed by atoms with Crippen molar-refractivity contribution in [1.82, 2.24) is 14.6 Å². The number of nitrogens with zero attached hydrogens (tertiary/aromatic N) is 3. The lowest BCUT2D eigenvalue weighted by Crippen LogP contribution is -1.98. The summed E-state index contributed by atoms with van der Waals surface area (Å²) >= 11 is 5.72. The maximum Gasteiger partial charge on any atom is 0.241 e. The predicted molar refractivity (Wildman–Crippen MR) is 59.8 cm³/mol. The van der Waals surface area contributed by atoms with E-state index in [1.165, 1.54) is 16.8 Å². The van der Waals surface area contributed by atoms with Crippen molar-refractivity contribution >= 4 is 22.7 Å². The van der Waals surface area contributed by atoms with Crippen LogP contribution in [0.1, 0.15) is 25.0 Å². The standard InChI is InChI=1S/C11H9ClFN3/c12-11-14-6-10-8(13)5-9(16(10)15-11)7-3-1-2-4-7/h3,5-6H,1-2,4H2. The van der Waals surface area contributed by atoms with Crippen molar-refractivity contribution < 1.29 is 4.39 Å². The van der Waals surface area contributed by atoms with Crippen molar-refractivity contribution in [2.24, 2.45) is 0 Å². The number of aromatic nitrogens is 3. The zero-order valence-electron chi connectivity index (χ0n) is 8.45. The molecule has 2 aromatic rings. The van der Waals surface area contributed by atoms with Gasteiger partial charge in [-0.05, 0) is 36.4 Å². The van der Waals surface area contributed by atoms with Crippen molar-refractivity contribution in [1.29, 1.82) is 0 Å². The summed E-state index contributed by atoms with van der Waals surface area (Å²) in [5.74, 6) is -0.306. The van der Waals surface area contributed by atoms with Crippen LogP contribution in [0.2, 0.25) is 5.28 Å². The largest absolute Gasteiger partial charge is 0.241 e. The van der Waals surface area contributed by atoms with Crippen molar-refractivity contribution in [3.05, 3.63) is 35.1 Å². The number of hydrogen-bond donors (Lipinski definition) is 0. The maximum atomic E-state index is 13.6. The van der Waals surface area contributed by atoms with Gasteiger partial charge in [0.25, 0.3) is 0 Å². The Kier molecular flexibility index (Phi) is 2.17. The van der Waals surface area contributed by atoms with E-state index >= 15 is 0 Å². The van der Waals surface area contributed by atoms with Gasteiger partial charge in [-0.25, -0.2) is 13.9 Å². The van der Waals surface area contributed by atoms with E-state index in [4.69, 9.17) is 11.6 Å². The number of allylic oxidation sites excluding steroid dienone is 2. The van der Waals surface area contributed by atoms with E-state index in [1.807, 2.05) is 0 Å². The smallest absolute Gasteiger partial charge is 0.226 e. The topological polar surface area (TPSA) is 30.2 Å². The summed E-state index contributed by atoms with van der Waals surface area (Å²) in [7, 11) is 0. The second-order valence-electron chi connectivity index (χ2n) is 3.82. The minimum atomic E-state index is -0.306. The summed E-state index contributed by atoms with van der Waals surface area (Å²) in [5.41, 5.74) is 2.29. The summed E-state index contributed by atoms with van der Waals surface area (Å²) in [5, 5.41) is 4.16. The Morgan fingerprint density at radius 3 is 3.06 bits per heavy atom. The van der Waals surface area contributed by atoms with E-state index in [2.05, 4.69) is 16.2 Å². The first kappa shape index (κ1) is 9.78.